The van der Waals surface area contributed by atoms with Gasteiger partial charge in [0.05, 0.1) is 7.11 Å². The maximum Gasteiger partial charge on any atom is 0.387 e. The predicted molar refractivity (Wildman–Crippen MR) is 104 cm³/mol. The fourth-order valence-corrected chi connectivity index (χ4v) is 3.49. The van der Waals surface area contributed by atoms with Crippen molar-refractivity contribution < 1.29 is 27.8 Å². The molecule has 0 radical (unpaired) electrons. The number of aromatic amines is 1. The van der Waals surface area contributed by atoms with E-state index in [4.69, 9.17) is 4.74 Å². The number of ketones is 1. The van der Waals surface area contributed by atoms with Crippen LogP contribution >= 0.6 is 0 Å². The van der Waals surface area contributed by atoms with E-state index in [1.165, 1.54) is 25.3 Å². The number of amides is 1. The lowest BCUT2D eigenvalue weighted by Gasteiger charge is -2.29. The Bertz CT molecular complexity index is 1050. The van der Waals surface area contributed by atoms with Crippen LogP contribution in [-0.2, 0) is 13.0 Å². The van der Waals surface area contributed by atoms with Gasteiger partial charge < -0.3 is 19.8 Å². The fraction of sp³-hybridized carbons (Fsp3) is 0.381. The van der Waals surface area contributed by atoms with Crippen molar-refractivity contribution in [1.82, 2.24) is 10.3 Å². The second-order valence-corrected chi connectivity index (χ2v) is 7.89. The van der Waals surface area contributed by atoms with Gasteiger partial charge in [-0.15, -0.1) is 0 Å². The molecule has 2 N–H and O–H groups in total. The van der Waals surface area contributed by atoms with Crippen molar-refractivity contribution in [3.8, 4) is 11.5 Å². The number of fused-ring (bicyclic) bond motifs is 1. The van der Waals surface area contributed by atoms with Crippen molar-refractivity contribution in [3.05, 3.63) is 57.0 Å². The Labute approximate surface area is 171 Å². The summed E-state index contributed by atoms with van der Waals surface area (Å²) in [5.74, 6) is -0.851. The zero-order valence-electron chi connectivity index (χ0n) is 16.8. The van der Waals surface area contributed by atoms with E-state index in [0.717, 1.165) is 0 Å². The zero-order valence-corrected chi connectivity index (χ0v) is 16.8. The van der Waals surface area contributed by atoms with E-state index in [2.05, 4.69) is 15.0 Å². The number of hydrogen-bond donors (Lipinski definition) is 2. The first-order chi connectivity index (χ1) is 14.1. The number of carbonyl (C=O) groups excluding carboxylic acids is 2. The number of rotatable bonds is 6. The van der Waals surface area contributed by atoms with Gasteiger partial charge in [-0.1, -0.05) is 19.9 Å². The van der Waals surface area contributed by atoms with Gasteiger partial charge in [0.2, 0.25) is 0 Å². The molecule has 0 saturated carbocycles. The highest BCUT2D eigenvalue weighted by Crippen LogP contribution is 2.33. The number of benzene rings is 1. The third-order valence-corrected chi connectivity index (χ3v) is 4.86. The first-order valence-corrected chi connectivity index (χ1v) is 9.29. The van der Waals surface area contributed by atoms with E-state index in [1.54, 1.807) is 6.07 Å². The number of halogens is 2. The third kappa shape index (κ3) is 4.67. The molecule has 0 saturated heterocycles. The van der Waals surface area contributed by atoms with Crippen molar-refractivity contribution in [3.63, 3.8) is 0 Å². The van der Waals surface area contributed by atoms with Crippen LogP contribution in [0, 0.1) is 5.41 Å². The van der Waals surface area contributed by atoms with Crippen LogP contribution in [-0.4, -0.2) is 30.4 Å². The van der Waals surface area contributed by atoms with Gasteiger partial charge >= 0.3 is 6.61 Å². The number of Topliss-reactive ketones (excluding diaryl/α,β-unsaturated/α-hetero) is 1. The van der Waals surface area contributed by atoms with E-state index in [1.807, 2.05) is 13.8 Å². The Morgan fingerprint density at radius 2 is 1.93 bits per heavy atom. The topological polar surface area (TPSA) is 97.5 Å². The highest BCUT2D eigenvalue weighted by molar-refractivity contribution is 6.02. The second kappa shape index (κ2) is 8.25. The lowest BCUT2D eigenvalue weighted by molar-refractivity contribution is -0.0512. The number of aromatic nitrogens is 1. The van der Waals surface area contributed by atoms with Crippen molar-refractivity contribution in [1.29, 1.82) is 0 Å². The standard InChI is InChI=1S/C21H22F2N2O5/c1-21(2)8-14-12(15(26)9-21)7-13(19(28)25-14)18(27)24-10-11-4-5-16(29-3)17(6-11)30-20(22)23/h4-7,20H,8-10H2,1-3H3,(H,24,27)(H,25,28). The van der Waals surface area contributed by atoms with Crippen LogP contribution in [0.4, 0.5) is 8.78 Å². The number of pyridine rings is 1. The molecule has 7 nitrogen and oxygen atoms in total. The number of hydrogen-bond acceptors (Lipinski definition) is 5. The normalized spacial score (nSPS) is 14.9. The molecule has 160 valence electrons. The van der Waals surface area contributed by atoms with Crippen molar-refractivity contribution >= 4 is 11.7 Å². The van der Waals surface area contributed by atoms with Crippen LogP contribution in [0.15, 0.2) is 29.1 Å². The van der Waals surface area contributed by atoms with Gasteiger partial charge in [0, 0.05) is 24.2 Å². The Kier molecular flexibility index (Phi) is 5.91. The number of carbonyl (C=O) groups is 2. The smallest absolute Gasteiger partial charge is 0.387 e. The Morgan fingerprint density at radius 3 is 2.60 bits per heavy atom. The Balaban J connectivity index is 1.78. The summed E-state index contributed by atoms with van der Waals surface area (Å²) in [6.07, 6.45) is 0.857. The van der Waals surface area contributed by atoms with Gasteiger partial charge in [0.25, 0.3) is 11.5 Å². The summed E-state index contributed by atoms with van der Waals surface area (Å²) in [7, 11) is 1.32. The molecular formula is C21H22F2N2O5. The van der Waals surface area contributed by atoms with Gasteiger partial charge in [-0.3, -0.25) is 14.4 Å². The van der Waals surface area contributed by atoms with Gasteiger partial charge in [-0.05, 0) is 35.6 Å². The summed E-state index contributed by atoms with van der Waals surface area (Å²) < 4.78 is 34.5. The predicted octanol–water partition coefficient (Wildman–Crippen LogP) is 3.07. The largest absolute Gasteiger partial charge is 0.493 e. The molecule has 2 aromatic rings. The van der Waals surface area contributed by atoms with Crippen LogP contribution in [0.2, 0.25) is 0 Å². The van der Waals surface area contributed by atoms with Crippen LogP contribution in [0.5, 0.6) is 11.5 Å². The molecule has 0 atom stereocenters. The number of H-pyrrole nitrogens is 1. The highest BCUT2D eigenvalue weighted by Gasteiger charge is 2.32. The molecule has 3 rings (SSSR count). The molecule has 0 bridgehead atoms. The first kappa shape index (κ1) is 21.5. The summed E-state index contributed by atoms with van der Waals surface area (Å²) in [5, 5.41) is 2.56. The molecule has 0 aliphatic heterocycles. The summed E-state index contributed by atoms with van der Waals surface area (Å²) in [4.78, 5) is 40.0. The summed E-state index contributed by atoms with van der Waals surface area (Å²) in [5.41, 5.74) is 0.306. The van der Waals surface area contributed by atoms with E-state index in [0.29, 0.717) is 29.7 Å². The molecule has 1 aliphatic carbocycles. The molecule has 0 spiro atoms. The first-order valence-electron chi connectivity index (χ1n) is 9.29. The van der Waals surface area contributed by atoms with Gasteiger partial charge in [0.1, 0.15) is 5.56 Å². The maximum atomic E-state index is 12.6. The quantitative estimate of drug-likeness (QED) is 0.749. The molecule has 1 aliphatic rings. The monoisotopic (exact) mass is 420 g/mol. The average Bonchev–Trinajstić information content (AvgIpc) is 2.64. The van der Waals surface area contributed by atoms with Crippen LogP contribution in [0.3, 0.4) is 0 Å². The Morgan fingerprint density at radius 1 is 1.20 bits per heavy atom. The number of nitrogens with one attached hydrogen (secondary N) is 2. The molecule has 9 heteroatoms. The van der Waals surface area contributed by atoms with Crippen molar-refractivity contribution in [2.24, 2.45) is 5.41 Å². The molecule has 0 fully saturated rings. The number of methoxy groups -OCH3 is 1. The SMILES string of the molecule is COc1ccc(CNC(=O)c2cc3c([nH]c2=O)CC(C)(C)CC3=O)cc1OC(F)F. The van der Waals surface area contributed by atoms with Crippen LogP contribution < -0.4 is 20.3 Å². The molecular weight excluding hydrogens is 398 g/mol. The molecule has 0 unspecified atom stereocenters. The molecule has 1 heterocycles. The summed E-state index contributed by atoms with van der Waals surface area (Å²) >= 11 is 0. The van der Waals surface area contributed by atoms with Crippen LogP contribution in [0.25, 0.3) is 0 Å². The summed E-state index contributed by atoms with van der Waals surface area (Å²) in [6.45, 7) is 0.807. The minimum Gasteiger partial charge on any atom is -0.493 e. The van der Waals surface area contributed by atoms with Gasteiger partial charge in [-0.2, -0.15) is 8.78 Å². The van der Waals surface area contributed by atoms with E-state index < -0.39 is 18.1 Å². The van der Waals surface area contributed by atoms with E-state index in [-0.39, 0.29) is 34.8 Å². The molecule has 1 aromatic heterocycles. The third-order valence-electron chi connectivity index (χ3n) is 4.86. The lowest BCUT2D eigenvalue weighted by atomic mass is 9.75. The maximum absolute atomic E-state index is 12.6. The summed E-state index contributed by atoms with van der Waals surface area (Å²) in [6, 6.07) is 5.64. The fourth-order valence-electron chi connectivity index (χ4n) is 3.49. The van der Waals surface area contributed by atoms with E-state index in [9.17, 15) is 23.2 Å². The molecule has 1 aromatic carbocycles. The average molecular weight is 420 g/mol. The van der Waals surface area contributed by atoms with E-state index >= 15 is 0 Å². The lowest BCUT2D eigenvalue weighted by Crippen LogP contribution is -2.34. The number of alkyl halides is 2. The minimum atomic E-state index is -3.03. The molecule has 30 heavy (non-hydrogen) atoms. The van der Waals surface area contributed by atoms with Crippen molar-refractivity contribution in [2.45, 2.75) is 39.8 Å². The minimum absolute atomic E-state index is 0.0417. The van der Waals surface area contributed by atoms with Gasteiger partial charge in [-0.25, -0.2) is 0 Å². The Hall–Kier alpha value is -3.23. The molecule has 1 amide bonds. The zero-order chi connectivity index (χ0) is 22.1. The van der Waals surface area contributed by atoms with Crippen LogP contribution in [0.1, 0.15) is 52.2 Å². The van der Waals surface area contributed by atoms with Gasteiger partial charge in [0.15, 0.2) is 17.3 Å². The number of ether oxygens (including phenoxy) is 2. The second-order valence-electron chi connectivity index (χ2n) is 7.89. The van der Waals surface area contributed by atoms with Crippen molar-refractivity contribution in [2.75, 3.05) is 7.11 Å². The highest BCUT2D eigenvalue weighted by atomic mass is 19.3.